The molecule has 1 saturated heterocycles. The number of rotatable bonds is 4. The van der Waals surface area contributed by atoms with Gasteiger partial charge in [0.05, 0.1) is 11.6 Å². The fraction of sp³-hybridized carbons (Fsp3) is 0.500. The Morgan fingerprint density at radius 1 is 1.38 bits per heavy atom. The van der Waals surface area contributed by atoms with Crippen LogP contribution in [0.1, 0.15) is 19.4 Å². The number of amides is 1. The summed E-state index contributed by atoms with van der Waals surface area (Å²) in [5.74, 6) is 0.629. The Balaban J connectivity index is 1.83. The summed E-state index contributed by atoms with van der Waals surface area (Å²) in [5.41, 5.74) is 0.582. The number of hydrogen-bond acceptors (Lipinski definition) is 4. The molecule has 0 bridgehead atoms. The molecule has 0 spiro atoms. The Morgan fingerprint density at radius 2 is 2.10 bits per heavy atom. The van der Waals surface area contributed by atoms with Crippen molar-refractivity contribution >= 4 is 5.91 Å². The van der Waals surface area contributed by atoms with Crippen LogP contribution in [0.5, 0.6) is 5.75 Å². The lowest BCUT2D eigenvalue weighted by atomic mass is 10.2. The zero-order chi connectivity index (χ0) is 15.2. The minimum absolute atomic E-state index is 0.0157. The second kappa shape index (κ2) is 7.09. The molecule has 1 atom stereocenters. The largest absolute Gasteiger partial charge is 0.484 e. The molecule has 0 radical (unpaired) electrons. The van der Waals surface area contributed by atoms with Gasteiger partial charge in [0.1, 0.15) is 5.75 Å². The van der Waals surface area contributed by atoms with Crippen molar-refractivity contribution in [2.75, 3.05) is 32.8 Å². The number of carbonyl (C=O) groups excluding carboxylic acids is 1. The second-order valence-corrected chi connectivity index (χ2v) is 5.24. The van der Waals surface area contributed by atoms with E-state index in [2.05, 4.69) is 18.7 Å². The monoisotopic (exact) mass is 287 g/mol. The molecule has 0 aromatic heterocycles. The molecule has 1 unspecified atom stereocenters. The van der Waals surface area contributed by atoms with Crippen molar-refractivity contribution in [1.82, 2.24) is 9.80 Å². The summed E-state index contributed by atoms with van der Waals surface area (Å²) in [6, 6.07) is 9.23. The molecule has 112 valence electrons. The van der Waals surface area contributed by atoms with Crippen molar-refractivity contribution in [2.45, 2.75) is 19.9 Å². The molecule has 1 aliphatic rings. The minimum Gasteiger partial charge on any atom is -0.484 e. The lowest BCUT2D eigenvalue weighted by molar-refractivity contribution is -0.136. The van der Waals surface area contributed by atoms with Crippen LogP contribution < -0.4 is 4.74 Å². The second-order valence-electron chi connectivity index (χ2n) is 5.24. The van der Waals surface area contributed by atoms with Gasteiger partial charge in [-0.1, -0.05) is 6.92 Å². The number of nitrogens with zero attached hydrogens (tertiary/aromatic N) is 3. The molecule has 5 nitrogen and oxygen atoms in total. The molecule has 0 N–H and O–H groups in total. The molecule has 0 aliphatic carbocycles. The maximum absolute atomic E-state index is 12.2. The summed E-state index contributed by atoms with van der Waals surface area (Å²) in [4.78, 5) is 16.4. The van der Waals surface area contributed by atoms with Gasteiger partial charge in [-0.3, -0.25) is 9.69 Å². The Bertz CT molecular complexity index is 521. The summed E-state index contributed by atoms with van der Waals surface area (Å²) >= 11 is 0. The maximum atomic E-state index is 12.2. The first kappa shape index (κ1) is 15.3. The third-order valence-corrected chi connectivity index (χ3v) is 3.87. The number of nitriles is 1. The Labute approximate surface area is 125 Å². The Morgan fingerprint density at radius 3 is 2.67 bits per heavy atom. The van der Waals surface area contributed by atoms with Crippen molar-refractivity contribution in [2.24, 2.45) is 0 Å². The van der Waals surface area contributed by atoms with Crippen LogP contribution in [-0.4, -0.2) is 54.5 Å². The van der Waals surface area contributed by atoms with Gasteiger partial charge in [0, 0.05) is 25.7 Å². The molecule has 5 heteroatoms. The van der Waals surface area contributed by atoms with E-state index in [1.54, 1.807) is 24.3 Å². The molecular weight excluding hydrogens is 266 g/mol. The van der Waals surface area contributed by atoms with Crippen molar-refractivity contribution < 1.29 is 9.53 Å². The first-order chi connectivity index (χ1) is 10.1. The predicted molar refractivity (Wildman–Crippen MR) is 79.9 cm³/mol. The third-order valence-electron chi connectivity index (χ3n) is 3.87. The van der Waals surface area contributed by atoms with Crippen LogP contribution in [0.2, 0.25) is 0 Å². The molecule has 1 aromatic rings. The van der Waals surface area contributed by atoms with E-state index in [9.17, 15) is 4.79 Å². The fourth-order valence-electron chi connectivity index (χ4n) is 2.55. The highest BCUT2D eigenvalue weighted by Gasteiger charge is 2.25. The zero-order valence-electron chi connectivity index (χ0n) is 12.6. The van der Waals surface area contributed by atoms with Crippen LogP contribution in [-0.2, 0) is 4.79 Å². The van der Waals surface area contributed by atoms with Gasteiger partial charge >= 0.3 is 0 Å². The van der Waals surface area contributed by atoms with Gasteiger partial charge in [0.15, 0.2) is 6.61 Å². The first-order valence-electron chi connectivity index (χ1n) is 7.28. The molecule has 21 heavy (non-hydrogen) atoms. The number of likely N-dealkylation sites (N-methyl/N-ethyl adjacent to an activating group) is 1. The van der Waals surface area contributed by atoms with Crippen molar-refractivity contribution in [3.8, 4) is 11.8 Å². The zero-order valence-corrected chi connectivity index (χ0v) is 12.6. The fourth-order valence-corrected chi connectivity index (χ4v) is 2.55. The number of piperazine rings is 1. The molecule has 1 heterocycles. The molecular formula is C16H21N3O2. The van der Waals surface area contributed by atoms with Crippen LogP contribution >= 0.6 is 0 Å². The molecule has 1 aromatic carbocycles. The van der Waals surface area contributed by atoms with Crippen LogP contribution in [0, 0.1) is 11.3 Å². The smallest absolute Gasteiger partial charge is 0.260 e. The normalized spacial score (nSPS) is 19.1. The van der Waals surface area contributed by atoms with Crippen LogP contribution in [0.4, 0.5) is 0 Å². The van der Waals surface area contributed by atoms with Crippen molar-refractivity contribution in [1.29, 1.82) is 5.26 Å². The SMILES string of the molecule is CCN1CCN(C(=O)COc2ccc(C#N)cc2)CC1C. The number of ether oxygens (including phenoxy) is 1. The highest BCUT2D eigenvalue weighted by atomic mass is 16.5. The van der Waals surface area contributed by atoms with Gasteiger partial charge in [-0.25, -0.2) is 0 Å². The summed E-state index contributed by atoms with van der Waals surface area (Å²) in [6.07, 6.45) is 0. The molecule has 1 fully saturated rings. The predicted octanol–water partition coefficient (Wildman–Crippen LogP) is 1.49. The highest BCUT2D eigenvalue weighted by Crippen LogP contribution is 2.13. The van der Waals surface area contributed by atoms with Gasteiger partial charge < -0.3 is 9.64 Å². The quantitative estimate of drug-likeness (QED) is 0.842. The summed E-state index contributed by atoms with van der Waals surface area (Å²) < 4.78 is 5.49. The van der Waals surface area contributed by atoms with Gasteiger partial charge in [0.2, 0.25) is 0 Å². The maximum Gasteiger partial charge on any atom is 0.260 e. The van der Waals surface area contributed by atoms with Gasteiger partial charge in [0.25, 0.3) is 5.91 Å². The lowest BCUT2D eigenvalue weighted by Gasteiger charge is -2.39. The summed E-state index contributed by atoms with van der Waals surface area (Å²) in [5, 5.41) is 8.73. The van der Waals surface area contributed by atoms with Crippen LogP contribution in [0.25, 0.3) is 0 Å². The standard InChI is InChI=1S/C16H21N3O2/c1-3-18-8-9-19(11-13(18)2)16(20)12-21-15-6-4-14(10-17)5-7-15/h4-7,13H,3,8-9,11-12H2,1-2H3. The Kier molecular flexibility index (Phi) is 5.18. The van der Waals surface area contributed by atoms with Gasteiger partial charge in [-0.2, -0.15) is 5.26 Å². The molecule has 1 amide bonds. The topological polar surface area (TPSA) is 56.6 Å². The van der Waals surface area contributed by atoms with Gasteiger partial charge in [-0.05, 0) is 37.7 Å². The van der Waals surface area contributed by atoms with Crippen LogP contribution in [0.3, 0.4) is 0 Å². The molecule has 1 aliphatic heterocycles. The average molecular weight is 287 g/mol. The van der Waals surface area contributed by atoms with Gasteiger partial charge in [-0.15, -0.1) is 0 Å². The highest BCUT2D eigenvalue weighted by molar-refractivity contribution is 5.78. The van der Waals surface area contributed by atoms with E-state index in [1.807, 2.05) is 11.0 Å². The molecule has 0 saturated carbocycles. The number of benzene rings is 1. The van der Waals surface area contributed by atoms with E-state index in [4.69, 9.17) is 10.00 Å². The van der Waals surface area contributed by atoms with E-state index in [0.29, 0.717) is 17.4 Å². The Hall–Kier alpha value is -2.06. The third kappa shape index (κ3) is 3.96. The van der Waals surface area contributed by atoms with E-state index >= 15 is 0 Å². The van der Waals surface area contributed by atoms with Crippen LogP contribution in [0.15, 0.2) is 24.3 Å². The summed E-state index contributed by atoms with van der Waals surface area (Å²) in [7, 11) is 0. The number of carbonyl (C=O) groups is 1. The number of hydrogen-bond donors (Lipinski definition) is 0. The van der Waals surface area contributed by atoms with E-state index in [-0.39, 0.29) is 12.5 Å². The first-order valence-corrected chi connectivity index (χ1v) is 7.28. The van der Waals surface area contributed by atoms with E-state index < -0.39 is 0 Å². The minimum atomic E-state index is 0.0157. The lowest BCUT2D eigenvalue weighted by Crippen LogP contribution is -2.54. The van der Waals surface area contributed by atoms with Crippen molar-refractivity contribution in [3.05, 3.63) is 29.8 Å². The molecule has 2 rings (SSSR count). The van der Waals surface area contributed by atoms with E-state index in [0.717, 1.165) is 26.2 Å². The summed E-state index contributed by atoms with van der Waals surface area (Å²) in [6.45, 7) is 7.78. The van der Waals surface area contributed by atoms with E-state index in [1.165, 1.54) is 0 Å². The van der Waals surface area contributed by atoms with Crippen molar-refractivity contribution in [3.63, 3.8) is 0 Å². The average Bonchev–Trinajstić information content (AvgIpc) is 2.53.